The zero-order valence-corrected chi connectivity index (χ0v) is 7.62. The van der Waals surface area contributed by atoms with E-state index in [0.29, 0.717) is 5.92 Å². The minimum Gasteiger partial charge on any atom is -0.396 e. The smallest absolute Gasteiger partial charge is 0.224 e. The molecule has 1 aliphatic heterocycles. The Labute approximate surface area is 73.4 Å². The zero-order chi connectivity index (χ0) is 8.97. The summed E-state index contributed by atoms with van der Waals surface area (Å²) in [5.41, 5.74) is 0. The highest BCUT2D eigenvalue weighted by Gasteiger charge is 2.19. The molecule has 1 N–H and O–H groups in total. The van der Waals surface area contributed by atoms with Crippen molar-refractivity contribution in [3.05, 3.63) is 0 Å². The van der Waals surface area contributed by atoms with Crippen molar-refractivity contribution >= 4 is 5.91 Å². The molecular weight excluding hydrogens is 154 g/mol. The number of likely N-dealkylation sites (tertiary alicyclic amines) is 1. The predicted octanol–water partition coefficient (Wildman–Crippen LogP) is 0.627. The molecule has 0 spiro atoms. The second kappa shape index (κ2) is 4.45. The Hall–Kier alpha value is -0.570. The summed E-state index contributed by atoms with van der Waals surface area (Å²) in [5, 5.41) is 8.59. The van der Waals surface area contributed by atoms with Gasteiger partial charge in [-0.25, -0.2) is 0 Å². The summed E-state index contributed by atoms with van der Waals surface area (Å²) in [6.07, 6.45) is 2.62. The maximum atomic E-state index is 11.3. The largest absolute Gasteiger partial charge is 0.396 e. The lowest BCUT2D eigenvalue weighted by Gasteiger charge is -2.30. The first kappa shape index (κ1) is 9.52. The fourth-order valence-corrected chi connectivity index (χ4v) is 1.67. The van der Waals surface area contributed by atoms with E-state index in [1.54, 1.807) is 0 Å². The highest BCUT2D eigenvalue weighted by molar-refractivity contribution is 5.76. The van der Waals surface area contributed by atoms with Gasteiger partial charge in [-0.05, 0) is 18.8 Å². The Balaban J connectivity index is 2.35. The van der Waals surface area contributed by atoms with Crippen LogP contribution in [0.5, 0.6) is 0 Å². The lowest BCUT2D eigenvalue weighted by Crippen LogP contribution is -2.39. The van der Waals surface area contributed by atoms with E-state index in [-0.39, 0.29) is 18.9 Å². The van der Waals surface area contributed by atoms with Gasteiger partial charge in [0, 0.05) is 19.5 Å². The highest BCUT2D eigenvalue weighted by Crippen LogP contribution is 2.15. The van der Waals surface area contributed by atoms with E-state index in [4.69, 9.17) is 5.11 Å². The fraction of sp³-hybridized carbons (Fsp3) is 0.889. The molecule has 0 saturated carbocycles. The summed E-state index contributed by atoms with van der Waals surface area (Å²) in [6.45, 7) is 3.89. The van der Waals surface area contributed by atoms with Crippen LogP contribution in [0.1, 0.15) is 26.2 Å². The molecule has 0 aromatic rings. The van der Waals surface area contributed by atoms with Gasteiger partial charge in [-0.1, -0.05) is 6.92 Å². The van der Waals surface area contributed by atoms with Gasteiger partial charge in [0.25, 0.3) is 0 Å². The van der Waals surface area contributed by atoms with E-state index in [1.807, 2.05) is 4.90 Å². The topological polar surface area (TPSA) is 40.5 Å². The molecule has 0 aromatic heterocycles. The Morgan fingerprint density at radius 1 is 1.67 bits per heavy atom. The molecule has 1 unspecified atom stereocenters. The van der Waals surface area contributed by atoms with Crippen molar-refractivity contribution < 1.29 is 9.90 Å². The minimum absolute atomic E-state index is 0.0241. The molecule has 12 heavy (non-hydrogen) atoms. The molecule has 1 atom stereocenters. The van der Waals surface area contributed by atoms with Crippen molar-refractivity contribution in [2.45, 2.75) is 26.2 Å². The fourth-order valence-electron chi connectivity index (χ4n) is 1.67. The van der Waals surface area contributed by atoms with E-state index >= 15 is 0 Å². The van der Waals surface area contributed by atoms with Crippen LogP contribution in [0.25, 0.3) is 0 Å². The Kier molecular flexibility index (Phi) is 3.53. The maximum Gasteiger partial charge on any atom is 0.224 e. The molecule has 3 heteroatoms. The summed E-state index contributed by atoms with van der Waals surface area (Å²) in [7, 11) is 0. The SMILES string of the molecule is CC1CCCN(C(=O)CCO)C1. The molecule has 1 saturated heterocycles. The first-order chi connectivity index (χ1) is 5.74. The molecule has 1 fully saturated rings. The third kappa shape index (κ3) is 2.48. The van der Waals surface area contributed by atoms with Crippen molar-refractivity contribution in [3.8, 4) is 0 Å². The van der Waals surface area contributed by atoms with Crippen LogP contribution in [0.4, 0.5) is 0 Å². The molecule has 1 aliphatic rings. The number of hydrogen-bond acceptors (Lipinski definition) is 2. The lowest BCUT2D eigenvalue weighted by molar-refractivity contribution is -0.133. The summed E-state index contributed by atoms with van der Waals surface area (Å²) in [5.74, 6) is 0.727. The van der Waals surface area contributed by atoms with Crippen LogP contribution >= 0.6 is 0 Å². The summed E-state index contributed by atoms with van der Waals surface area (Å²) < 4.78 is 0. The number of aliphatic hydroxyl groups excluding tert-OH is 1. The van der Waals surface area contributed by atoms with Gasteiger partial charge in [-0.15, -0.1) is 0 Å². The highest BCUT2D eigenvalue weighted by atomic mass is 16.3. The van der Waals surface area contributed by atoms with Gasteiger partial charge in [-0.2, -0.15) is 0 Å². The second-order valence-electron chi connectivity index (χ2n) is 3.56. The van der Waals surface area contributed by atoms with Crippen LogP contribution in [-0.4, -0.2) is 35.6 Å². The normalized spacial score (nSPS) is 24.2. The Bertz CT molecular complexity index is 159. The molecule has 70 valence electrons. The number of rotatable bonds is 2. The molecule has 3 nitrogen and oxygen atoms in total. The number of hydrogen-bond donors (Lipinski definition) is 1. The van der Waals surface area contributed by atoms with E-state index < -0.39 is 0 Å². The van der Waals surface area contributed by atoms with E-state index in [0.717, 1.165) is 19.5 Å². The average Bonchev–Trinajstić information content (AvgIpc) is 2.05. The van der Waals surface area contributed by atoms with Crippen molar-refractivity contribution in [3.63, 3.8) is 0 Å². The monoisotopic (exact) mass is 171 g/mol. The first-order valence-electron chi connectivity index (χ1n) is 4.62. The van der Waals surface area contributed by atoms with Crippen molar-refractivity contribution in [1.82, 2.24) is 4.90 Å². The summed E-state index contributed by atoms with van der Waals surface area (Å²) in [6, 6.07) is 0. The number of carbonyl (C=O) groups is 1. The van der Waals surface area contributed by atoms with Crippen LogP contribution in [-0.2, 0) is 4.79 Å². The van der Waals surface area contributed by atoms with Gasteiger partial charge in [0.15, 0.2) is 0 Å². The first-order valence-corrected chi connectivity index (χ1v) is 4.62. The van der Waals surface area contributed by atoms with Gasteiger partial charge >= 0.3 is 0 Å². The number of nitrogens with zero attached hydrogens (tertiary/aromatic N) is 1. The number of carbonyl (C=O) groups excluding carboxylic acids is 1. The third-order valence-electron chi connectivity index (χ3n) is 2.34. The number of aliphatic hydroxyl groups is 1. The van der Waals surface area contributed by atoms with Crippen LogP contribution in [0.15, 0.2) is 0 Å². The molecular formula is C9H17NO2. The van der Waals surface area contributed by atoms with E-state index in [2.05, 4.69) is 6.92 Å². The molecule has 1 rings (SSSR count). The van der Waals surface area contributed by atoms with Gasteiger partial charge < -0.3 is 10.0 Å². The molecule has 0 bridgehead atoms. The molecule has 1 heterocycles. The van der Waals surface area contributed by atoms with Crippen LogP contribution in [0.3, 0.4) is 0 Å². The third-order valence-corrected chi connectivity index (χ3v) is 2.34. The molecule has 0 aliphatic carbocycles. The quantitative estimate of drug-likeness (QED) is 0.662. The van der Waals surface area contributed by atoms with E-state index in [9.17, 15) is 4.79 Å². The number of piperidine rings is 1. The summed E-state index contributed by atoms with van der Waals surface area (Å²) >= 11 is 0. The standard InChI is InChI=1S/C9H17NO2/c1-8-3-2-5-10(7-8)9(12)4-6-11/h8,11H,2-7H2,1H3. The predicted molar refractivity (Wildman–Crippen MR) is 46.7 cm³/mol. The van der Waals surface area contributed by atoms with Gasteiger partial charge in [0.2, 0.25) is 5.91 Å². The Morgan fingerprint density at radius 3 is 3.00 bits per heavy atom. The summed E-state index contributed by atoms with van der Waals surface area (Å²) in [4.78, 5) is 13.2. The van der Waals surface area contributed by atoms with Gasteiger partial charge in [-0.3, -0.25) is 4.79 Å². The van der Waals surface area contributed by atoms with Crippen molar-refractivity contribution in [2.24, 2.45) is 5.92 Å². The van der Waals surface area contributed by atoms with E-state index in [1.165, 1.54) is 6.42 Å². The maximum absolute atomic E-state index is 11.3. The van der Waals surface area contributed by atoms with Crippen LogP contribution in [0, 0.1) is 5.92 Å². The van der Waals surface area contributed by atoms with Gasteiger partial charge in [0.05, 0.1) is 6.61 Å². The second-order valence-corrected chi connectivity index (χ2v) is 3.56. The lowest BCUT2D eigenvalue weighted by atomic mass is 10.0. The van der Waals surface area contributed by atoms with Crippen molar-refractivity contribution in [2.75, 3.05) is 19.7 Å². The molecule has 0 aromatic carbocycles. The number of amides is 1. The van der Waals surface area contributed by atoms with Gasteiger partial charge in [0.1, 0.15) is 0 Å². The van der Waals surface area contributed by atoms with Crippen LogP contribution < -0.4 is 0 Å². The average molecular weight is 171 g/mol. The van der Waals surface area contributed by atoms with Crippen molar-refractivity contribution in [1.29, 1.82) is 0 Å². The Morgan fingerprint density at radius 2 is 2.42 bits per heavy atom. The molecule has 1 amide bonds. The molecule has 0 radical (unpaired) electrons. The minimum atomic E-state index is -0.0241. The van der Waals surface area contributed by atoms with Crippen LogP contribution in [0.2, 0.25) is 0 Å². The zero-order valence-electron chi connectivity index (χ0n) is 7.62.